The molecule has 0 bridgehead atoms. The zero-order valence-electron chi connectivity index (χ0n) is 17.7. The molecule has 2 aromatic rings. The molecule has 0 unspecified atom stereocenters. The second kappa shape index (κ2) is 9.33. The number of imidazole rings is 1. The van der Waals surface area contributed by atoms with E-state index >= 15 is 0 Å². The SMILES string of the molecule is CC(C)(C)OC(=O)NBn1c(NC(=O)C2CCCCCCC2)nc2ccccc21. The van der Waals surface area contributed by atoms with Crippen molar-refractivity contribution in [2.75, 3.05) is 5.32 Å². The van der Waals surface area contributed by atoms with E-state index in [1.54, 1.807) is 4.48 Å². The van der Waals surface area contributed by atoms with Crippen LogP contribution in [0.25, 0.3) is 11.0 Å². The highest BCUT2D eigenvalue weighted by Crippen LogP contribution is 2.24. The largest absolute Gasteiger partial charge is 0.445 e. The highest BCUT2D eigenvalue weighted by molar-refractivity contribution is 6.37. The maximum absolute atomic E-state index is 12.9. The van der Waals surface area contributed by atoms with Crippen molar-refractivity contribution >= 4 is 36.5 Å². The number of anilines is 1. The summed E-state index contributed by atoms with van der Waals surface area (Å²) in [5, 5.41) is 5.77. The van der Waals surface area contributed by atoms with Gasteiger partial charge >= 0.3 is 13.6 Å². The molecule has 1 aliphatic carbocycles. The van der Waals surface area contributed by atoms with Gasteiger partial charge in [0, 0.05) is 5.92 Å². The summed E-state index contributed by atoms with van der Waals surface area (Å²) >= 11 is 0. The van der Waals surface area contributed by atoms with Crippen LogP contribution in [-0.2, 0) is 9.53 Å². The molecule has 0 spiro atoms. The van der Waals surface area contributed by atoms with Crippen LogP contribution in [0.5, 0.6) is 0 Å². The maximum atomic E-state index is 12.9. The van der Waals surface area contributed by atoms with E-state index in [1.807, 2.05) is 45.0 Å². The molecule has 1 aromatic heterocycles. The van der Waals surface area contributed by atoms with Crippen LogP contribution >= 0.6 is 0 Å². The molecule has 1 heterocycles. The summed E-state index contributed by atoms with van der Waals surface area (Å²) in [7, 11) is 0.162. The maximum Gasteiger partial charge on any atom is 0.396 e. The highest BCUT2D eigenvalue weighted by atomic mass is 16.6. The highest BCUT2D eigenvalue weighted by Gasteiger charge is 2.23. The van der Waals surface area contributed by atoms with Gasteiger partial charge in [0.05, 0.1) is 11.0 Å². The van der Waals surface area contributed by atoms with E-state index in [0.29, 0.717) is 5.95 Å². The minimum atomic E-state index is -0.573. The molecule has 29 heavy (non-hydrogen) atoms. The summed E-state index contributed by atoms with van der Waals surface area (Å²) in [6.45, 7) is 5.46. The minimum absolute atomic E-state index is 0.0146. The van der Waals surface area contributed by atoms with Crippen molar-refractivity contribution in [2.24, 2.45) is 5.92 Å². The molecule has 2 amide bonds. The average Bonchev–Trinajstić information content (AvgIpc) is 2.95. The minimum Gasteiger partial charge on any atom is -0.445 e. The summed E-state index contributed by atoms with van der Waals surface area (Å²) in [6.07, 6.45) is 7.17. The topological polar surface area (TPSA) is 85.2 Å². The second-order valence-electron chi connectivity index (χ2n) is 8.72. The Hall–Kier alpha value is -2.51. The van der Waals surface area contributed by atoms with Gasteiger partial charge in [-0.2, -0.15) is 0 Å². The number of fused-ring (bicyclic) bond motifs is 1. The predicted octanol–water partition coefficient (Wildman–Crippen LogP) is 3.97. The lowest BCUT2D eigenvalue weighted by atomic mass is 9.90. The van der Waals surface area contributed by atoms with Crippen molar-refractivity contribution < 1.29 is 14.3 Å². The van der Waals surface area contributed by atoms with Crippen molar-refractivity contribution in [3.63, 3.8) is 0 Å². The molecule has 2 N–H and O–H groups in total. The number of ether oxygens (including phenoxy) is 1. The van der Waals surface area contributed by atoms with Crippen molar-refractivity contribution in [1.29, 1.82) is 0 Å². The third-order valence-electron chi connectivity index (χ3n) is 5.15. The normalized spacial score (nSPS) is 16.0. The number of aromatic nitrogens is 2. The average molecular weight is 398 g/mol. The second-order valence-corrected chi connectivity index (χ2v) is 8.72. The number of benzene rings is 1. The van der Waals surface area contributed by atoms with Gasteiger partial charge in [-0.3, -0.25) is 10.1 Å². The number of hydrogen-bond donors (Lipinski definition) is 2. The molecule has 3 rings (SSSR count). The van der Waals surface area contributed by atoms with E-state index in [9.17, 15) is 9.59 Å². The molecule has 0 saturated heterocycles. The first-order valence-corrected chi connectivity index (χ1v) is 10.6. The summed E-state index contributed by atoms with van der Waals surface area (Å²) in [5.41, 5.74) is 1.04. The molecule has 7 nitrogen and oxygen atoms in total. The third kappa shape index (κ3) is 5.98. The Balaban J connectivity index is 1.75. The van der Waals surface area contributed by atoms with Gasteiger partial charge in [-0.15, -0.1) is 0 Å². The fraction of sp³-hybridized carbons (Fsp3) is 0.571. The standard InChI is InChI=1S/C21H31BN4O3/c1-21(2,3)29-20(28)25-22-26-17-14-10-9-13-16(17)23-19(26)24-18(27)15-11-7-5-4-6-8-12-15/h9-10,13-15,22H,4-8,11-12H2,1-3H3,(H,25,28)(H,23,24,27). The van der Waals surface area contributed by atoms with Gasteiger partial charge in [0.1, 0.15) is 5.60 Å². The number of nitrogens with one attached hydrogen (secondary N) is 2. The monoisotopic (exact) mass is 398 g/mol. The van der Waals surface area contributed by atoms with Gasteiger partial charge in [-0.25, -0.2) is 9.78 Å². The fourth-order valence-corrected chi connectivity index (χ4v) is 3.72. The van der Waals surface area contributed by atoms with Gasteiger partial charge < -0.3 is 14.4 Å². The lowest BCUT2D eigenvalue weighted by molar-refractivity contribution is -0.120. The van der Waals surface area contributed by atoms with Crippen LogP contribution in [0.15, 0.2) is 24.3 Å². The quantitative estimate of drug-likeness (QED) is 0.763. The van der Waals surface area contributed by atoms with Gasteiger partial charge in [-0.1, -0.05) is 44.2 Å². The predicted molar refractivity (Wildman–Crippen MR) is 116 cm³/mol. The first-order valence-electron chi connectivity index (χ1n) is 10.6. The third-order valence-corrected chi connectivity index (χ3v) is 5.15. The zero-order valence-corrected chi connectivity index (χ0v) is 17.7. The van der Waals surface area contributed by atoms with E-state index in [1.165, 1.54) is 19.3 Å². The van der Waals surface area contributed by atoms with Gasteiger partial charge in [0.25, 0.3) is 0 Å². The number of amides is 2. The molecule has 8 heteroatoms. The fourth-order valence-electron chi connectivity index (χ4n) is 3.72. The van der Waals surface area contributed by atoms with E-state index < -0.39 is 11.7 Å². The molecule has 1 aromatic carbocycles. The van der Waals surface area contributed by atoms with E-state index in [-0.39, 0.29) is 19.4 Å². The Labute approximate surface area is 172 Å². The molecule has 0 aliphatic heterocycles. The van der Waals surface area contributed by atoms with Crippen LogP contribution in [0.2, 0.25) is 0 Å². The number of carbonyl (C=O) groups excluding carboxylic acids is 2. The van der Waals surface area contributed by atoms with Gasteiger partial charge in [0.15, 0.2) is 5.95 Å². The molecule has 0 radical (unpaired) electrons. The van der Waals surface area contributed by atoms with E-state index in [4.69, 9.17) is 4.74 Å². The summed E-state index contributed by atoms with van der Waals surface area (Å²) in [4.78, 5) is 29.6. The van der Waals surface area contributed by atoms with Gasteiger partial charge in [-0.05, 0) is 45.7 Å². The number of nitrogens with zero attached hydrogens (tertiary/aromatic N) is 2. The molecular weight excluding hydrogens is 367 g/mol. The Bertz CT molecular complexity index is 851. The van der Waals surface area contributed by atoms with Crippen molar-refractivity contribution in [3.05, 3.63) is 24.3 Å². The summed E-state index contributed by atoms with van der Waals surface area (Å²) in [5.74, 6) is 0.484. The number of carbonyl (C=O) groups is 2. The van der Waals surface area contributed by atoms with Crippen molar-refractivity contribution in [1.82, 2.24) is 14.7 Å². The van der Waals surface area contributed by atoms with Crippen molar-refractivity contribution in [3.8, 4) is 0 Å². The lowest BCUT2D eigenvalue weighted by Gasteiger charge is -2.20. The first kappa shape index (κ1) is 21.2. The number of hydrogen-bond acceptors (Lipinski definition) is 4. The first-order chi connectivity index (χ1) is 13.8. The lowest BCUT2D eigenvalue weighted by Crippen LogP contribution is -2.38. The Morgan fingerprint density at radius 1 is 1.10 bits per heavy atom. The zero-order chi connectivity index (χ0) is 20.9. The van der Waals surface area contributed by atoms with Crippen LogP contribution in [0.4, 0.5) is 10.7 Å². The number of para-hydroxylation sites is 2. The summed E-state index contributed by atoms with van der Waals surface area (Å²) < 4.78 is 7.12. The van der Waals surface area contributed by atoms with Gasteiger partial charge in [0.2, 0.25) is 5.91 Å². The van der Waals surface area contributed by atoms with Crippen LogP contribution in [0.1, 0.15) is 65.7 Å². The smallest absolute Gasteiger partial charge is 0.396 e. The number of rotatable bonds is 4. The van der Waals surface area contributed by atoms with Crippen molar-refractivity contribution in [2.45, 2.75) is 71.3 Å². The molecule has 1 aliphatic rings. The van der Waals surface area contributed by atoms with E-state index in [0.717, 1.165) is 36.7 Å². The van der Waals surface area contributed by atoms with Crippen LogP contribution in [0, 0.1) is 5.92 Å². The molecule has 1 fully saturated rings. The molecule has 156 valence electrons. The van der Waals surface area contributed by atoms with E-state index in [2.05, 4.69) is 15.5 Å². The molecule has 1 saturated carbocycles. The Kier molecular flexibility index (Phi) is 6.82. The summed E-state index contributed by atoms with van der Waals surface area (Å²) in [6, 6.07) is 7.63. The Morgan fingerprint density at radius 2 is 1.76 bits per heavy atom. The molecule has 0 atom stereocenters. The van der Waals surface area contributed by atoms with Crippen LogP contribution in [-0.4, -0.2) is 34.6 Å². The Morgan fingerprint density at radius 3 is 2.45 bits per heavy atom. The molecular formula is C21H31BN4O3. The van der Waals surface area contributed by atoms with Crippen LogP contribution in [0.3, 0.4) is 0 Å². The van der Waals surface area contributed by atoms with Crippen LogP contribution < -0.4 is 10.5 Å².